The normalized spacial score (nSPS) is 33.3. The van der Waals surface area contributed by atoms with Gasteiger partial charge in [-0.3, -0.25) is 0 Å². The molecule has 0 bridgehead atoms. The van der Waals surface area contributed by atoms with E-state index in [1.54, 1.807) is 0 Å². The Kier molecular flexibility index (Phi) is 3.38. The van der Waals surface area contributed by atoms with Crippen LogP contribution in [0.25, 0.3) is 0 Å². The van der Waals surface area contributed by atoms with Gasteiger partial charge in [-0.1, -0.05) is 20.3 Å². The zero-order valence-electron chi connectivity index (χ0n) is 7.95. The summed E-state index contributed by atoms with van der Waals surface area (Å²) in [6, 6.07) is 0. The second-order valence-electron chi connectivity index (χ2n) is 4.16. The summed E-state index contributed by atoms with van der Waals surface area (Å²) in [6.07, 6.45) is 6.93. The summed E-state index contributed by atoms with van der Waals surface area (Å²) in [6.45, 7) is 7.21. The maximum absolute atomic E-state index is 3.46. The minimum absolute atomic E-state index is 0.651. The van der Waals surface area contributed by atoms with Gasteiger partial charge in [-0.2, -0.15) is 0 Å². The number of hydrogen-bond acceptors (Lipinski definition) is 1. The van der Waals surface area contributed by atoms with Crippen molar-refractivity contribution in [1.82, 2.24) is 5.32 Å². The number of hydrogen-bond donors (Lipinski definition) is 1. The first-order chi connectivity index (χ1) is 5.27. The van der Waals surface area contributed by atoms with E-state index >= 15 is 0 Å². The Hall–Kier alpha value is -0.0400. The Morgan fingerprint density at radius 1 is 1.27 bits per heavy atom. The molecule has 0 radical (unpaired) electrons. The molecule has 0 aromatic carbocycles. The fourth-order valence-electron chi connectivity index (χ4n) is 2.13. The average molecular weight is 155 g/mol. The minimum Gasteiger partial charge on any atom is -0.317 e. The van der Waals surface area contributed by atoms with Crippen LogP contribution in [0.15, 0.2) is 0 Å². The lowest BCUT2D eigenvalue weighted by Crippen LogP contribution is -2.19. The van der Waals surface area contributed by atoms with Crippen molar-refractivity contribution in [1.29, 1.82) is 0 Å². The lowest BCUT2D eigenvalue weighted by molar-refractivity contribution is 0.259. The molecule has 0 aromatic heterocycles. The third-order valence-corrected chi connectivity index (χ3v) is 2.89. The van der Waals surface area contributed by atoms with Crippen molar-refractivity contribution >= 4 is 0 Å². The molecule has 1 saturated heterocycles. The molecule has 1 fully saturated rings. The van der Waals surface area contributed by atoms with E-state index in [1.807, 2.05) is 0 Å². The first-order valence-electron chi connectivity index (χ1n) is 4.97. The standard InChI is InChI=1S/C10H21N/c1-3-5-10(2)6-4-8-11-9-7-10/h11H,3-9H2,1-2H3. The lowest BCUT2D eigenvalue weighted by Gasteiger charge is -2.26. The SMILES string of the molecule is CCCC1(C)CCCNCC1. The highest BCUT2D eigenvalue weighted by atomic mass is 14.9. The van der Waals surface area contributed by atoms with Crippen LogP contribution < -0.4 is 5.32 Å². The maximum Gasteiger partial charge on any atom is -0.00437 e. The maximum atomic E-state index is 3.46. The average Bonchev–Trinajstić information content (AvgIpc) is 2.15. The van der Waals surface area contributed by atoms with Gasteiger partial charge in [-0.15, -0.1) is 0 Å². The zero-order valence-corrected chi connectivity index (χ0v) is 7.95. The summed E-state index contributed by atoms with van der Waals surface area (Å²) < 4.78 is 0. The van der Waals surface area contributed by atoms with Crippen LogP contribution in [0, 0.1) is 5.41 Å². The largest absolute Gasteiger partial charge is 0.317 e. The van der Waals surface area contributed by atoms with Crippen LogP contribution in [0.3, 0.4) is 0 Å². The molecule has 0 saturated carbocycles. The Morgan fingerprint density at radius 3 is 2.82 bits per heavy atom. The van der Waals surface area contributed by atoms with Gasteiger partial charge in [-0.05, 0) is 44.2 Å². The molecule has 1 N–H and O–H groups in total. The van der Waals surface area contributed by atoms with Crippen LogP contribution in [0.1, 0.15) is 46.0 Å². The van der Waals surface area contributed by atoms with Crippen molar-refractivity contribution in [3.63, 3.8) is 0 Å². The molecule has 0 aromatic rings. The molecule has 0 amide bonds. The minimum atomic E-state index is 0.651. The van der Waals surface area contributed by atoms with Crippen LogP contribution in [-0.2, 0) is 0 Å². The molecule has 1 rings (SSSR count). The Morgan fingerprint density at radius 2 is 2.09 bits per heavy atom. The van der Waals surface area contributed by atoms with Crippen molar-refractivity contribution in [3.8, 4) is 0 Å². The number of rotatable bonds is 2. The Labute approximate surface area is 70.6 Å². The monoisotopic (exact) mass is 155 g/mol. The second kappa shape index (κ2) is 4.10. The molecular weight excluding hydrogens is 134 g/mol. The highest BCUT2D eigenvalue weighted by Gasteiger charge is 2.23. The Bertz CT molecular complexity index is 101. The van der Waals surface area contributed by atoms with Gasteiger partial charge in [0, 0.05) is 0 Å². The van der Waals surface area contributed by atoms with E-state index in [4.69, 9.17) is 0 Å². The van der Waals surface area contributed by atoms with Crippen molar-refractivity contribution in [2.75, 3.05) is 13.1 Å². The van der Waals surface area contributed by atoms with Crippen LogP contribution >= 0.6 is 0 Å². The van der Waals surface area contributed by atoms with E-state index in [0.29, 0.717) is 5.41 Å². The molecule has 1 aliphatic rings. The molecule has 1 aliphatic heterocycles. The van der Waals surface area contributed by atoms with Crippen LogP contribution in [0.4, 0.5) is 0 Å². The summed E-state index contributed by atoms with van der Waals surface area (Å²) in [5.41, 5.74) is 0.651. The summed E-state index contributed by atoms with van der Waals surface area (Å²) in [5.74, 6) is 0. The third-order valence-electron chi connectivity index (χ3n) is 2.89. The molecular formula is C10H21N. The van der Waals surface area contributed by atoms with Crippen LogP contribution in [0.2, 0.25) is 0 Å². The summed E-state index contributed by atoms with van der Waals surface area (Å²) in [5, 5.41) is 3.46. The molecule has 1 atom stereocenters. The highest BCUT2D eigenvalue weighted by molar-refractivity contribution is 4.77. The molecule has 1 heterocycles. The van der Waals surface area contributed by atoms with Gasteiger partial charge in [0.25, 0.3) is 0 Å². The summed E-state index contributed by atoms with van der Waals surface area (Å²) in [7, 11) is 0. The van der Waals surface area contributed by atoms with E-state index < -0.39 is 0 Å². The van der Waals surface area contributed by atoms with Crippen molar-refractivity contribution in [3.05, 3.63) is 0 Å². The third kappa shape index (κ3) is 2.82. The highest BCUT2D eigenvalue weighted by Crippen LogP contribution is 2.33. The molecule has 1 heteroatoms. The molecule has 66 valence electrons. The molecule has 1 unspecified atom stereocenters. The Balaban J connectivity index is 2.38. The number of nitrogens with one attached hydrogen (secondary N) is 1. The quantitative estimate of drug-likeness (QED) is 0.646. The molecule has 0 aliphatic carbocycles. The predicted octanol–water partition coefficient (Wildman–Crippen LogP) is 2.57. The van der Waals surface area contributed by atoms with Crippen molar-refractivity contribution in [2.45, 2.75) is 46.0 Å². The van der Waals surface area contributed by atoms with E-state index in [1.165, 1.54) is 45.2 Å². The van der Waals surface area contributed by atoms with E-state index in [0.717, 1.165) is 0 Å². The van der Waals surface area contributed by atoms with Crippen molar-refractivity contribution < 1.29 is 0 Å². The van der Waals surface area contributed by atoms with Gasteiger partial charge < -0.3 is 5.32 Å². The van der Waals surface area contributed by atoms with Crippen LogP contribution in [-0.4, -0.2) is 13.1 Å². The molecule has 11 heavy (non-hydrogen) atoms. The van der Waals surface area contributed by atoms with Gasteiger partial charge in [0.1, 0.15) is 0 Å². The van der Waals surface area contributed by atoms with Gasteiger partial charge in [0.05, 0.1) is 0 Å². The smallest absolute Gasteiger partial charge is 0.00437 e. The van der Waals surface area contributed by atoms with E-state index in [-0.39, 0.29) is 0 Å². The van der Waals surface area contributed by atoms with E-state index in [9.17, 15) is 0 Å². The summed E-state index contributed by atoms with van der Waals surface area (Å²) >= 11 is 0. The zero-order chi connectivity index (χ0) is 8.16. The summed E-state index contributed by atoms with van der Waals surface area (Å²) in [4.78, 5) is 0. The van der Waals surface area contributed by atoms with Gasteiger partial charge in [0.2, 0.25) is 0 Å². The first kappa shape index (κ1) is 9.05. The fourth-order valence-corrected chi connectivity index (χ4v) is 2.13. The van der Waals surface area contributed by atoms with Gasteiger partial charge >= 0.3 is 0 Å². The second-order valence-corrected chi connectivity index (χ2v) is 4.16. The van der Waals surface area contributed by atoms with E-state index in [2.05, 4.69) is 19.2 Å². The topological polar surface area (TPSA) is 12.0 Å². The first-order valence-corrected chi connectivity index (χ1v) is 4.97. The van der Waals surface area contributed by atoms with Crippen molar-refractivity contribution in [2.24, 2.45) is 5.41 Å². The van der Waals surface area contributed by atoms with Crippen LogP contribution in [0.5, 0.6) is 0 Å². The van der Waals surface area contributed by atoms with Gasteiger partial charge in [0.15, 0.2) is 0 Å². The lowest BCUT2D eigenvalue weighted by atomic mass is 9.79. The fraction of sp³-hybridized carbons (Fsp3) is 1.00. The molecule has 0 spiro atoms. The molecule has 1 nitrogen and oxygen atoms in total. The predicted molar refractivity (Wildman–Crippen MR) is 49.7 cm³/mol. The van der Waals surface area contributed by atoms with Gasteiger partial charge in [-0.25, -0.2) is 0 Å².